The Hall–Kier alpha value is -2.58. The summed E-state index contributed by atoms with van der Waals surface area (Å²) < 4.78 is 41.7. The lowest BCUT2D eigenvalue weighted by molar-refractivity contribution is 0.0314. The Kier molecular flexibility index (Phi) is 5.12. The molecule has 142 valence electrons. The van der Waals surface area contributed by atoms with E-state index in [1.165, 1.54) is 12.5 Å². The first-order valence-corrected chi connectivity index (χ1v) is 9.91. The van der Waals surface area contributed by atoms with Crippen LogP contribution in [0.1, 0.15) is 45.2 Å². The number of benzene rings is 2. The maximum absolute atomic E-state index is 13.9. The fourth-order valence-corrected chi connectivity index (χ4v) is 3.61. The van der Waals surface area contributed by atoms with E-state index >= 15 is 0 Å². The number of fused-ring (bicyclic) bond motifs is 1. The first-order valence-electron chi connectivity index (χ1n) is 8.36. The molecule has 0 amide bonds. The topological polar surface area (TPSA) is 104 Å². The van der Waals surface area contributed by atoms with Gasteiger partial charge in [0, 0.05) is 5.56 Å². The van der Waals surface area contributed by atoms with Crippen LogP contribution in [0.2, 0.25) is 0 Å². The van der Waals surface area contributed by atoms with Gasteiger partial charge >= 0.3 is 5.97 Å². The van der Waals surface area contributed by atoms with E-state index in [2.05, 4.69) is 0 Å². The molecular weight excluding hydrogens is 373 g/mol. The van der Waals surface area contributed by atoms with Gasteiger partial charge in [-0.25, -0.2) is 22.7 Å². The van der Waals surface area contributed by atoms with Gasteiger partial charge in [-0.1, -0.05) is 12.1 Å². The van der Waals surface area contributed by atoms with Crippen molar-refractivity contribution in [1.82, 2.24) is 0 Å². The monoisotopic (exact) mass is 391 g/mol. The second-order valence-electron chi connectivity index (χ2n) is 6.44. The maximum atomic E-state index is 13.9. The molecule has 0 fully saturated rings. The van der Waals surface area contributed by atoms with Gasteiger partial charge in [0.2, 0.25) is 15.8 Å². The molecule has 0 saturated heterocycles. The van der Waals surface area contributed by atoms with E-state index in [4.69, 9.17) is 9.88 Å². The van der Waals surface area contributed by atoms with Gasteiger partial charge < -0.3 is 4.74 Å². The molecule has 0 bridgehead atoms. The largest absolute Gasteiger partial charge is 0.451 e. The summed E-state index contributed by atoms with van der Waals surface area (Å²) in [6.07, 6.45) is 1.76. The molecule has 1 aliphatic rings. The quantitative estimate of drug-likeness (QED) is 0.623. The van der Waals surface area contributed by atoms with Crippen LogP contribution < -0.4 is 5.14 Å². The van der Waals surface area contributed by atoms with Gasteiger partial charge in [-0.05, 0) is 61.6 Å². The molecule has 0 aliphatic heterocycles. The van der Waals surface area contributed by atoms with Crippen LogP contribution in [0, 0.1) is 5.82 Å². The molecule has 2 aromatic rings. The van der Waals surface area contributed by atoms with Crippen molar-refractivity contribution >= 4 is 21.8 Å². The van der Waals surface area contributed by atoms with Gasteiger partial charge in [0.05, 0.1) is 10.5 Å². The zero-order valence-electron chi connectivity index (χ0n) is 14.6. The fourth-order valence-electron chi connectivity index (χ4n) is 3.08. The molecule has 2 N–H and O–H groups in total. The summed E-state index contributed by atoms with van der Waals surface area (Å²) in [5.74, 6) is -2.52. The second-order valence-corrected chi connectivity index (χ2v) is 8.00. The molecule has 0 unspecified atom stereocenters. The van der Waals surface area contributed by atoms with Crippen LogP contribution in [0.15, 0.2) is 41.3 Å². The Labute approximate surface area is 156 Å². The second kappa shape index (κ2) is 7.21. The first kappa shape index (κ1) is 19.2. The summed E-state index contributed by atoms with van der Waals surface area (Å²) in [4.78, 5) is 24.3. The van der Waals surface area contributed by atoms with Crippen molar-refractivity contribution in [1.29, 1.82) is 0 Å². The minimum atomic E-state index is -4.11. The average Bonchev–Trinajstić information content (AvgIpc) is 3.07. The highest BCUT2D eigenvalue weighted by Crippen LogP contribution is 2.24. The van der Waals surface area contributed by atoms with Crippen molar-refractivity contribution in [3.8, 4) is 0 Å². The highest BCUT2D eigenvalue weighted by atomic mass is 32.2. The molecule has 8 heteroatoms. The third-order valence-corrected chi connectivity index (χ3v) is 5.43. The first-order chi connectivity index (χ1) is 12.7. The Morgan fingerprint density at radius 3 is 2.52 bits per heavy atom. The van der Waals surface area contributed by atoms with Crippen LogP contribution in [0.25, 0.3) is 0 Å². The van der Waals surface area contributed by atoms with Crippen molar-refractivity contribution in [2.24, 2.45) is 5.14 Å². The van der Waals surface area contributed by atoms with Gasteiger partial charge in [0.25, 0.3) is 0 Å². The third-order valence-electron chi connectivity index (χ3n) is 4.52. The van der Waals surface area contributed by atoms with E-state index in [-0.39, 0.29) is 0 Å². The Morgan fingerprint density at radius 2 is 1.81 bits per heavy atom. The van der Waals surface area contributed by atoms with Crippen molar-refractivity contribution in [3.05, 3.63) is 64.5 Å². The summed E-state index contributed by atoms with van der Waals surface area (Å²) in [6.45, 7) is 1.38. The van der Waals surface area contributed by atoms with Gasteiger partial charge in [-0.2, -0.15) is 0 Å². The van der Waals surface area contributed by atoms with Gasteiger partial charge in [-0.15, -0.1) is 0 Å². The van der Waals surface area contributed by atoms with Crippen LogP contribution in [0.4, 0.5) is 4.39 Å². The summed E-state index contributed by atoms with van der Waals surface area (Å²) in [7, 11) is -4.11. The number of hydrogen-bond acceptors (Lipinski definition) is 5. The van der Waals surface area contributed by atoms with Gasteiger partial charge in [0.15, 0.2) is 6.10 Å². The molecule has 2 aromatic carbocycles. The number of carbonyl (C=O) groups is 2. The number of halogens is 1. The number of hydrogen-bond donors (Lipinski definition) is 1. The van der Waals surface area contributed by atoms with E-state index in [1.54, 1.807) is 12.1 Å². The molecule has 6 nitrogen and oxygen atoms in total. The third kappa shape index (κ3) is 4.06. The number of ketones is 1. The van der Waals surface area contributed by atoms with Crippen molar-refractivity contribution in [2.45, 2.75) is 37.2 Å². The smallest absolute Gasteiger partial charge is 0.341 e. The van der Waals surface area contributed by atoms with Gasteiger partial charge in [-0.3, -0.25) is 4.79 Å². The van der Waals surface area contributed by atoms with E-state index in [0.717, 1.165) is 43.0 Å². The zero-order valence-corrected chi connectivity index (χ0v) is 15.4. The molecule has 0 spiro atoms. The summed E-state index contributed by atoms with van der Waals surface area (Å²) in [5.41, 5.74) is 2.12. The fraction of sp³-hybridized carbons (Fsp3) is 0.263. The Morgan fingerprint density at radius 1 is 1.11 bits per heavy atom. The summed E-state index contributed by atoms with van der Waals surface area (Å²) in [5, 5.41) is 4.99. The number of sulfonamides is 1. The summed E-state index contributed by atoms with van der Waals surface area (Å²) in [6, 6.07) is 7.90. The van der Waals surface area contributed by atoms with E-state index < -0.39 is 44.2 Å². The van der Waals surface area contributed by atoms with E-state index in [0.29, 0.717) is 5.56 Å². The average molecular weight is 391 g/mol. The number of Topliss-reactive ketones (excluding diaryl/α,β-unsaturated/α-hetero) is 1. The van der Waals surface area contributed by atoms with Crippen molar-refractivity contribution < 1.29 is 27.1 Å². The minimum Gasteiger partial charge on any atom is -0.451 e. The van der Waals surface area contributed by atoms with Gasteiger partial charge in [0.1, 0.15) is 5.82 Å². The maximum Gasteiger partial charge on any atom is 0.341 e. The predicted molar refractivity (Wildman–Crippen MR) is 95.4 cm³/mol. The van der Waals surface area contributed by atoms with Crippen LogP contribution in [-0.2, 0) is 27.6 Å². The molecule has 3 rings (SSSR count). The normalized spacial score (nSPS) is 14.5. The highest BCUT2D eigenvalue weighted by Gasteiger charge is 2.24. The van der Waals surface area contributed by atoms with E-state index in [1.807, 2.05) is 6.07 Å². The van der Waals surface area contributed by atoms with Crippen molar-refractivity contribution in [2.75, 3.05) is 0 Å². The Bertz CT molecular complexity index is 1030. The molecule has 27 heavy (non-hydrogen) atoms. The number of ether oxygens (including phenoxy) is 1. The molecule has 0 heterocycles. The molecule has 0 radical (unpaired) electrons. The Balaban J connectivity index is 1.78. The highest BCUT2D eigenvalue weighted by molar-refractivity contribution is 7.89. The molecular formula is C19H18FNO5S. The standard InChI is InChI=1S/C19H18FNO5S/c1-11(18(22)14-6-5-12-3-2-4-13(12)9-14)26-19(23)16-10-15(27(21,24)25)7-8-17(16)20/h5-11H,2-4H2,1H3,(H2,21,24,25)/t11-/m1/s1. The molecule has 1 aliphatic carbocycles. The van der Waals surface area contributed by atoms with Crippen molar-refractivity contribution in [3.63, 3.8) is 0 Å². The van der Waals surface area contributed by atoms with Crippen LogP contribution >= 0.6 is 0 Å². The molecule has 0 saturated carbocycles. The lowest BCUT2D eigenvalue weighted by atomic mass is 10.0. The van der Waals surface area contributed by atoms with Crippen LogP contribution in [0.5, 0.6) is 0 Å². The number of nitrogens with two attached hydrogens (primary N) is 1. The number of aryl methyl sites for hydroxylation is 2. The number of carbonyl (C=O) groups excluding carboxylic acids is 2. The summed E-state index contributed by atoms with van der Waals surface area (Å²) >= 11 is 0. The minimum absolute atomic E-state index is 0.412. The van der Waals surface area contributed by atoms with E-state index in [9.17, 15) is 22.4 Å². The predicted octanol–water partition coefficient (Wildman–Crippen LogP) is 2.39. The van der Waals surface area contributed by atoms with Crippen LogP contribution in [-0.4, -0.2) is 26.3 Å². The number of primary sulfonamides is 1. The SMILES string of the molecule is C[C@@H](OC(=O)c1cc(S(N)(=O)=O)ccc1F)C(=O)c1ccc2c(c1)CCC2. The number of rotatable bonds is 5. The zero-order chi connectivity index (χ0) is 19.8. The molecule has 1 atom stereocenters. The van der Waals surface area contributed by atoms with Crippen LogP contribution in [0.3, 0.4) is 0 Å². The lowest BCUT2D eigenvalue weighted by Crippen LogP contribution is -2.25. The lowest BCUT2D eigenvalue weighted by Gasteiger charge is -2.14. The number of esters is 1. The molecule has 0 aromatic heterocycles.